The molecule has 0 saturated carbocycles. The average Bonchev–Trinajstić information content (AvgIpc) is 2.75. The van der Waals surface area contributed by atoms with E-state index in [-0.39, 0.29) is 26.9 Å². The Kier molecular flexibility index (Phi) is 9.54. The number of carbonyl (C=O) groups excluding carboxylic acids is 1. The summed E-state index contributed by atoms with van der Waals surface area (Å²) in [6.45, 7) is 16.9. The first-order valence-corrected chi connectivity index (χ1v) is 16.0. The first-order valence-electron chi connectivity index (χ1n) is 12.7. The summed E-state index contributed by atoms with van der Waals surface area (Å²) in [5.41, 5.74) is -5.97. The molecule has 0 fully saturated rings. The number of pyridine rings is 1. The van der Waals surface area contributed by atoms with Crippen LogP contribution in [0.4, 0.5) is 22.4 Å². The molecule has 1 atom stereocenters. The molecule has 12 heteroatoms. The number of carbonyl (C=O) groups is 1. The second kappa shape index (κ2) is 11.2. The number of amides is 1. The zero-order valence-electron chi connectivity index (χ0n) is 24.6. The van der Waals surface area contributed by atoms with Gasteiger partial charge in [0.15, 0.2) is 8.32 Å². The molecule has 1 heterocycles. The number of nitrogens with one attached hydrogen (secondary N) is 1. The van der Waals surface area contributed by atoms with Crippen LogP contribution in [-0.4, -0.2) is 42.8 Å². The van der Waals surface area contributed by atoms with Crippen LogP contribution in [0.1, 0.15) is 66.6 Å². The van der Waals surface area contributed by atoms with Crippen LogP contribution in [-0.2, 0) is 20.4 Å². The Balaban J connectivity index is 2.76. The Labute approximate surface area is 239 Å². The molecule has 0 radical (unpaired) electrons. The van der Waals surface area contributed by atoms with Gasteiger partial charge >= 0.3 is 12.3 Å². The largest absolute Gasteiger partial charge is 0.444 e. The molecular formula is C28H39ClF4N2O4Si. The number of rotatable bonds is 7. The number of aliphatic hydroxyl groups is 1. The third-order valence-corrected chi connectivity index (χ3v) is 11.8. The van der Waals surface area contributed by atoms with E-state index in [1.807, 2.05) is 39.2 Å². The van der Waals surface area contributed by atoms with Gasteiger partial charge in [0.05, 0.1) is 28.6 Å². The minimum atomic E-state index is -5.25. The normalized spacial score (nSPS) is 15.0. The molecular weight excluding hydrogens is 568 g/mol. The molecule has 0 spiro atoms. The first-order chi connectivity index (χ1) is 17.8. The molecule has 40 heavy (non-hydrogen) atoms. The van der Waals surface area contributed by atoms with Crippen LogP contribution < -0.4 is 5.32 Å². The van der Waals surface area contributed by atoms with E-state index in [2.05, 4.69) is 4.98 Å². The van der Waals surface area contributed by atoms with Gasteiger partial charge in [0, 0.05) is 5.56 Å². The van der Waals surface area contributed by atoms with Crippen molar-refractivity contribution in [3.63, 3.8) is 0 Å². The number of ether oxygens (including phenoxy) is 1. The maximum absolute atomic E-state index is 14.5. The lowest BCUT2D eigenvalue weighted by Crippen LogP contribution is -2.52. The van der Waals surface area contributed by atoms with Crippen molar-refractivity contribution in [2.45, 2.75) is 96.5 Å². The van der Waals surface area contributed by atoms with E-state index >= 15 is 0 Å². The van der Waals surface area contributed by atoms with Gasteiger partial charge in [-0.1, -0.05) is 32.4 Å². The standard InChI is InChI=1S/C28H39ClF4N2O4Si/c1-24(2,3)38-23(36)34-16-27(37,28(31,32)33)22-15-18(26(7,8)39-40(9,10)25(4,5)6)14-21(35-22)17-11-12-20(30)19(29)13-17/h11-15,37H,16H2,1-10H3,(H,34,36). The highest BCUT2D eigenvalue weighted by Crippen LogP contribution is 2.44. The highest BCUT2D eigenvalue weighted by atomic mass is 35.5. The van der Waals surface area contributed by atoms with Crippen molar-refractivity contribution in [3.8, 4) is 11.3 Å². The Bertz CT molecular complexity index is 1240. The Hall–Kier alpha value is -2.21. The lowest BCUT2D eigenvalue weighted by atomic mass is 9.90. The number of alkyl carbamates (subject to hydrolysis) is 1. The van der Waals surface area contributed by atoms with Gasteiger partial charge in [0.1, 0.15) is 11.4 Å². The van der Waals surface area contributed by atoms with Gasteiger partial charge in [-0.3, -0.25) is 0 Å². The van der Waals surface area contributed by atoms with Crippen molar-refractivity contribution < 1.29 is 36.6 Å². The fourth-order valence-corrected chi connectivity index (χ4v) is 5.47. The van der Waals surface area contributed by atoms with Crippen molar-refractivity contribution in [2.75, 3.05) is 6.54 Å². The zero-order valence-corrected chi connectivity index (χ0v) is 26.4. The molecule has 0 saturated heterocycles. The van der Waals surface area contributed by atoms with Crippen LogP contribution in [0.2, 0.25) is 23.2 Å². The van der Waals surface area contributed by atoms with Crippen LogP contribution >= 0.6 is 11.6 Å². The van der Waals surface area contributed by atoms with E-state index in [1.165, 1.54) is 18.2 Å². The van der Waals surface area contributed by atoms with Crippen LogP contribution in [0.25, 0.3) is 11.3 Å². The maximum atomic E-state index is 14.5. The highest BCUT2D eigenvalue weighted by Gasteiger charge is 2.57. The summed E-state index contributed by atoms with van der Waals surface area (Å²) in [7, 11) is -2.44. The molecule has 0 aliphatic carbocycles. The molecule has 1 unspecified atom stereocenters. The zero-order chi connectivity index (χ0) is 31.1. The fourth-order valence-electron chi connectivity index (χ4n) is 3.59. The Morgan fingerprint density at radius 3 is 2.08 bits per heavy atom. The number of benzene rings is 1. The molecule has 6 nitrogen and oxygen atoms in total. The van der Waals surface area contributed by atoms with Gasteiger partial charge in [-0.05, 0) is 88.6 Å². The van der Waals surface area contributed by atoms with E-state index in [4.69, 9.17) is 20.8 Å². The smallest absolute Gasteiger partial charge is 0.424 e. The van der Waals surface area contributed by atoms with E-state index in [1.54, 1.807) is 34.6 Å². The average molecular weight is 607 g/mol. The van der Waals surface area contributed by atoms with Crippen molar-refractivity contribution in [1.29, 1.82) is 0 Å². The number of alkyl halides is 3. The summed E-state index contributed by atoms with van der Waals surface area (Å²) in [6.07, 6.45) is -6.39. The van der Waals surface area contributed by atoms with Crippen molar-refractivity contribution in [1.82, 2.24) is 10.3 Å². The second-order valence-electron chi connectivity index (χ2n) is 12.8. The second-order valence-corrected chi connectivity index (χ2v) is 18.0. The summed E-state index contributed by atoms with van der Waals surface area (Å²) in [5.74, 6) is -0.711. The molecule has 2 N–H and O–H groups in total. The van der Waals surface area contributed by atoms with Crippen LogP contribution in [0.15, 0.2) is 30.3 Å². The van der Waals surface area contributed by atoms with Crippen molar-refractivity contribution in [3.05, 3.63) is 52.4 Å². The molecule has 1 amide bonds. The monoisotopic (exact) mass is 606 g/mol. The molecule has 0 aliphatic heterocycles. The van der Waals surface area contributed by atoms with E-state index < -0.39 is 55.4 Å². The van der Waals surface area contributed by atoms with Gasteiger partial charge in [0.25, 0.3) is 0 Å². The summed E-state index contributed by atoms with van der Waals surface area (Å²) >= 11 is 5.96. The lowest BCUT2D eigenvalue weighted by molar-refractivity contribution is -0.265. The van der Waals surface area contributed by atoms with Gasteiger partial charge in [-0.2, -0.15) is 13.2 Å². The molecule has 2 aromatic rings. The van der Waals surface area contributed by atoms with Crippen LogP contribution in [0.3, 0.4) is 0 Å². The third kappa shape index (κ3) is 7.95. The number of halogens is 5. The van der Waals surface area contributed by atoms with Gasteiger partial charge in [-0.25, -0.2) is 14.2 Å². The number of nitrogens with zero attached hydrogens (tertiary/aromatic N) is 1. The third-order valence-electron chi connectivity index (χ3n) is 6.83. The number of hydrogen-bond donors (Lipinski definition) is 2. The van der Waals surface area contributed by atoms with Crippen molar-refractivity contribution >= 4 is 26.0 Å². The van der Waals surface area contributed by atoms with Gasteiger partial charge in [-0.15, -0.1) is 0 Å². The van der Waals surface area contributed by atoms with Crippen LogP contribution in [0, 0.1) is 5.82 Å². The van der Waals surface area contributed by atoms with Gasteiger partial charge < -0.3 is 19.6 Å². The maximum Gasteiger partial charge on any atom is 0.424 e. The van der Waals surface area contributed by atoms with E-state index in [0.717, 1.165) is 12.1 Å². The van der Waals surface area contributed by atoms with Crippen molar-refractivity contribution in [2.24, 2.45) is 0 Å². The molecule has 0 aliphatic rings. The Morgan fingerprint density at radius 2 is 1.60 bits per heavy atom. The Morgan fingerprint density at radius 1 is 1.02 bits per heavy atom. The molecule has 1 aromatic heterocycles. The number of hydrogen-bond acceptors (Lipinski definition) is 5. The summed E-state index contributed by atoms with van der Waals surface area (Å²) in [6, 6.07) is 6.28. The molecule has 2 rings (SSSR count). The predicted molar refractivity (Wildman–Crippen MR) is 150 cm³/mol. The molecule has 0 bridgehead atoms. The topological polar surface area (TPSA) is 80.7 Å². The predicted octanol–water partition coefficient (Wildman–Crippen LogP) is 8.07. The minimum absolute atomic E-state index is 0.00116. The molecule has 1 aromatic carbocycles. The minimum Gasteiger partial charge on any atom is -0.444 e. The van der Waals surface area contributed by atoms with Gasteiger partial charge in [0.2, 0.25) is 5.60 Å². The van der Waals surface area contributed by atoms with Crippen LogP contribution in [0.5, 0.6) is 0 Å². The van der Waals surface area contributed by atoms with E-state index in [9.17, 15) is 27.5 Å². The lowest BCUT2D eigenvalue weighted by Gasteiger charge is -2.43. The fraction of sp³-hybridized carbons (Fsp3) is 0.571. The summed E-state index contributed by atoms with van der Waals surface area (Å²) < 4.78 is 69.1. The first kappa shape index (κ1) is 34.0. The quantitative estimate of drug-likeness (QED) is 0.246. The SMILES string of the molecule is CC(C)(C)OC(=O)NCC(O)(c1cc(C(C)(C)O[Si](C)(C)C(C)(C)C)cc(-c2ccc(F)c(Cl)c2)n1)C(F)(F)F. The number of aromatic nitrogens is 1. The summed E-state index contributed by atoms with van der Waals surface area (Å²) in [4.78, 5) is 16.3. The molecule has 224 valence electrons. The highest BCUT2D eigenvalue weighted by molar-refractivity contribution is 6.74. The summed E-state index contributed by atoms with van der Waals surface area (Å²) in [5, 5.41) is 12.7. The van der Waals surface area contributed by atoms with E-state index in [0.29, 0.717) is 0 Å².